The van der Waals surface area contributed by atoms with E-state index >= 15 is 0 Å². The summed E-state index contributed by atoms with van der Waals surface area (Å²) in [6, 6.07) is 4.94. The highest BCUT2D eigenvalue weighted by atomic mass is 35.5. The van der Waals surface area contributed by atoms with Gasteiger partial charge in [-0.2, -0.15) is 0 Å². The largest absolute Gasteiger partial charge is 0.309 e. The summed E-state index contributed by atoms with van der Waals surface area (Å²) in [7, 11) is 0. The minimum absolute atomic E-state index is 0.235. The maximum absolute atomic E-state index is 12.9. The zero-order chi connectivity index (χ0) is 10.7. The van der Waals surface area contributed by atoms with Crippen molar-refractivity contribution in [3.8, 4) is 0 Å². The van der Waals surface area contributed by atoms with Crippen LogP contribution in [0.3, 0.4) is 0 Å². The number of hydrogen-bond donors (Lipinski definition) is 1. The van der Waals surface area contributed by atoms with E-state index in [1.54, 1.807) is 6.07 Å². The van der Waals surface area contributed by atoms with Crippen molar-refractivity contribution < 1.29 is 4.39 Å². The van der Waals surface area contributed by atoms with Gasteiger partial charge >= 0.3 is 0 Å². The minimum Gasteiger partial charge on any atom is -0.309 e. The first-order chi connectivity index (χ1) is 7.25. The predicted octanol–water partition coefficient (Wildman–Crippen LogP) is 3.29. The summed E-state index contributed by atoms with van der Waals surface area (Å²) in [6.07, 6.45) is 6.41. The molecule has 3 heteroatoms. The molecule has 0 heterocycles. The molecule has 1 aliphatic rings. The summed E-state index contributed by atoms with van der Waals surface area (Å²) in [5, 5.41) is 3.97. The van der Waals surface area contributed by atoms with Gasteiger partial charge in [-0.25, -0.2) is 4.39 Å². The topological polar surface area (TPSA) is 12.0 Å². The highest BCUT2D eigenvalue weighted by molar-refractivity contribution is 6.31. The molecule has 0 unspecified atom stereocenters. The second kappa shape index (κ2) is 4.77. The molecule has 15 heavy (non-hydrogen) atoms. The Hall–Kier alpha value is -0.860. The smallest absolute Gasteiger partial charge is 0.123 e. The van der Waals surface area contributed by atoms with E-state index in [9.17, 15) is 4.39 Å². The Morgan fingerprint density at radius 3 is 2.80 bits per heavy atom. The second-order valence-corrected chi connectivity index (χ2v) is 4.16. The van der Waals surface area contributed by atoms with Gasteiger partial charge in [-0.1, -0.05) is 23.8 Å². The first kappa shape index (κ1) is 10.7. The van der Waals surface area contributed by atoms with Gasteiger partial charge < -0.3 is 5.32 Å². The van der Waals surface area contributed by atoms with Crippen molar-refractivity contribution in [3.05, 3.63) is 46.8 Å². The molecule has 1 aliphatic carbocycles. The van der Waals surface area contributed by atoms with Gasteiger partial charge in [0.1, 0.15) is 5.82 Å². The molecule has 2 rings (SSSR count). The molecule has 0 saturated heterocycles. The van der Waals surface area contributed by atoms with Crippen molar-refractivity contribution in [2.75, 3.05) is 0 Å². The average Bonchev–Trinajstić information content (AvgIpc) is 2.72. The highest BCUT2D eigenvalue weighted by Crippen LogP contribution is 2.18. The monoisotopic (exact) mass is 225 g/mol. The SMILES string of the molecule is Fc1ccc(Cl)c(CNC2CC=CC2)c1. The molecule has 0 fully saturated rings. The molecule has 1 N–H and O–H groups in total. The molecule has 1 aromatic carbocycles. The van der Waals surface area contributed by atoms with Gasteiger partial charge in [0.05, 0.1) is 0 Å². The number of benzene rings is 1. The molecule has 0 amide bonds. The average molecular weight is 226 g/mol. The molecule has 0 aliphatic heterocycles. The number of nitrogens with one attached hydrogen (secondary N) is 1. The molecule has 1 nitrogen and oxygen atoms in total. The summed E-state index contributed by atoms with van der Waals surface area (Å²) in [6.45, 7) is 0.628. The third-order valence-electron chi connectivity index (χ3n) is 2.60. The second-order valence-electron chi connectivity index (χ2n) is 3.76. The highest BCUT2D eigenvalue weighted by Gasteiger charge is 2.10. The van der Waals surface area contributed by atoms with Crippen molar-refractivity contribution >= 4 is 11.6 Å². The van der Waals surface area contributed by atoms with E-state index in [1.807, 2.05) is 0 Å². The Kier molecular flexibility index (Phi) is 3.39. The fourth-order valence-electron chi connectivity index (χ4n) is 1.72. The van der Waals surface area contributed by atoms with Crippen LogP contribution < -0.4 is 5.32 Å². The third kappa shape index (κ3) is 2.80. The first-order valence-electron chi connectivity index (χ1n) is 5.08. The molecule has 0 bridgehead atoms. The number of hydrogen-bond acceptors (Lipinski definition) is 1. The molecular weight excluding hydrogens is 213 g/mol. The Morgan fingerprint density at radius 1 is 1.33 bits per heavy atom. The van der Waals surface area contributed by atoms with Crippen LogP contribution in [0.15, 0.2) is 30.4 Å². The van der Waals surface area contributed by atoms with E-state index in [2.05, 4.69) is 17.5 Å². The number of rotatable bonds is 3. The van der Waals surface area contributed by atoms with E-state index in [1.165, 1.54) is 12.1 Å². The van der Waals surface area contributed by atoms with Gasteiger partial charge in [-0.05, 0) is 36.6 Å². The van der Waals surface area contributed by atoms with E-state index in [0.29, 0.717) is 17.6 Å². The molecular formula is C12H13ClFN. The van der Waals surface area contributed by atoms with Gasteiger partial charge in [-0.15, -0.1) is 0 Å². The van der Waals surface area contributed by atoms with Gasteiger partial charge in [0.25, 0.3) is 0 Å². The fourth-order valence-corrected chi connectivity index (χ4v) is 1.90. The maximum atomic E-state index is 12.9. The first-order valence-corrected chi connectivity index (χ1v) is 5.46. The van der Waals surface area contributed by atoms with Crippen LogP contribution in [0.1, 0.15) is 18.4 Å². The zero-order valence-electron chi connectivity index (χ0n) is 8.34. The quantitative estimate of drug-likeness (QED) is 0.779. The Bertz CT molecular complexity index is 368. The Balaban J connectivity index is 1.95. The van der Waals surface area contributed by atoms with E-state index < -0.39 is 0 Å². The van der Waals surface area contributed by atoms with Crippen LogP contribution in [-0.4, -0.2) is 6.04 Å². The molecule has 0 saturated carbocycles. The van der Waals surface area contributed by atoms with Crippen LogP contribution in [0, 0.1) is 5.82 Å². The van der Waals surface area contributed by atoms with Gasteiger partial charge in [0, 0.05) is 17.6 Å². The summed E-state index contributed by atoms with van der Waals surface area (Å²) in [5.74, 6) is -0.235. The van der Waals surface area contributed by atoms with Gasteiger partial charge in [-0.3, -0.25) is 0 Å². The van der Waals surface area contributed by atoms with Crippen LogP contribution in [0.5, 0.6) is 0 Å². The third-order valence-corrected chi connectivity index (χ3v) is 2.97. The fraction of sp³-hybridized carbons (Fsp3) is 0.333. The van der Waals surface area contributed by atoms with Crippen LogP contribution in [0.2, 0.25) is 5.02 Å². The van der Waals surface area contributed by atoms with Gasteiger partial charge in [0.15, 0.2) is 0 Å². The van der Waals surface area contributed by atoms with Crippen molar-refractivity contribution in [1.29, 1.82) is 0 Å². The molecule has 0 aromatic heterocycles. The number of halogens is 2. The standard InChI is InChI=1S/C12H13ClFN/c13-12-6-5-10(14)7-9(12)8-15-11-3-1-2-4-11/h1-2,5-7,11,15H,3-4,8H2. The summed E-state index contributed by atoms with van der Waals surface area (Å²) >= 11 is 5.96. The van der Waals surface area contributed by atoms with E-state index in [-0.39, 0.29) is 5.82 Å². The Morgan fingerprint density at radius 2 is 2.07 bits per heavy atom. The predicted molar refractivity (Wildman–Crippen MR) is 60.4 cm³/mol. The maximum Gasteiger partial charge on any atom is 0.123 e. The van der Waals surface area contributed by atoms with Gasteiger partial charge in [0.2, 0.25) is 0 Å². The lowest BCUT2D eigenvalue weighted by Crippen LogP contribution is -2.25. The summed E-state index contributed by atoms with van der Waals surface area (Å²) < 4.78 is 12.9. The van der Waals surface area contributed by atoms with Crippen molar-refractivity contribution in [3.63, 3.8) is 0 Å². The van der Waals surface area contributed by atoms with E-state index in [0.717, 1.165) is 18.4 Å². The van der Waals surface area contributed by atoms with E-state index in [4.69, 9.17) is 11.6 Å². The van der Waals surface area contributed by atoms with Crippen LogP contribution >= 0.6 is 11.6 Å². The van der Waals surface area contributed by atoms with Crippen molar-refractivity contribution in [1.82, 2.24) is 5.32 Å². The van der Waals surface area contributed by atoms with Crippen LogP contribution in [0.25, 0.3) is 0 Å². The minimum atomic E-state index is -0.235. The lowest BCUT2D eigenvalue weighted by atomic mass is 10.2. The lowest BCUT2D eigenvalue weighted by molar-refractivity contribution is 0.536. The Labute approximate surface area is 93.9 Å². The molecule has 0 spiro atoms. The molecule has 1 aromatic rings. The summed E-state index contributed by atoms with van der Waals surface area (Å²) in [4.78, 5) is 0. The zero-order valence-corrected chi connectivity index (χ0v) is 9.10. The van der Waals surface area contributed by atoms with Crippen molar-refractivity contribution in [2.24, 2.45) is 0 Å². The van der Waals surface area contributed by atoms with Crippen LogP contribution in [0.4, 0.5) is 4.39 Å². The molecule has 0 radical (unpaired) electrons. The summed E-state index contributed by atoms with van der Waals surface area (Å²) in [5.41, 5.74) is 0.823. The normalized spacial score (nSPS) is 16.1. The van der Waals surface area contributed by atoms with Crippen molar-refractivity contribution in [2.45, 2.75) is 25.4 Å². The molecule has 80 valence electrons. The lowest BCUT2D eigenvalue weighted by Gasteiger charge is -2.12. The molecule has 0 atom stereocenters. The van der Waals surface area contributed by atoms with Crippen LogP contribution in [-0.2, 0) is 6.54 Å².